The average Bonchev–Trinajstić information content (AvgIpc) is 2.45. The molecule has 1 rings (SSSR count). The number of allylic oxidation sites excluding steroid dienone is 1. The molecule has 0 saturated carbocycles. The second kappa shape index (κ2) is 5.59. The van der Waals surface area contributed by atoms with Crippen LogP contribution in [0.25, 0.3) is 0 Å². The molecule has 0 amide bonds. The monoisotopic (exact) mass is 358 g/mol. The van der Waals surface area contributed by atoms with E-state index >= 15 is 0 Å². The molecule has 16 heavy (non-hydrogen) atoms. The predicted molar refractivity (Wildman–Crippen MR) is 71.7 cm³/mol. The van der Waals surface area contributed by atoms with E-state index in [1.807, 2.05) is 35.1 Å². The smallest absolute Gasteiger partial charge is 0.346 e. The number of carboxylic acid groups (broad SMARTS) is 1. The van der Waals surface area contributed by atoms with Crippen molar-refractivity contribution in [1.29, 1.82) is 0 Å². The number of halogens is 1. The van der Waals surface area contributed by atoms with Crippen LogP contribution in [-0.4, -0.2) is 28.4 Å². The van der Waals surface area contributed by atoms with Crippen LogP contribution in [0.4, 0.5) is 0 Å². The van der Waals surface area contributed by atoms with Gasteiger partial charge in [0.25, 0.3) is 0 Å². The van der Waals surface area contributed by atoms with Crippen molar-refractivity contribution in [1.82, 2.24) is 0 Å². The molecule has 1 heterocycles. The van der Waals surface area contributed by atoms with Gasteiger partial charge in [-0.15, -0.1) is 0 Å². The van der Waals surface area contributed by atoms with E-state index in [9.17, 15) is 9.90 Å². The van der Waals surface area contributed by atoms with E-state index in [4.69, 9.17) is 9.84 Å². The number of carbonyl (C=O) groups is 1. The summed E-state index contributed by atoms with van der Waals surface area (Å²) in [5, 5.41) is 18.6. The van der Waals surface area contributed by atoms with Crippen LogP contribution in [0.3, 0.4) is 0 Å². The standard InChI is InChI=1S/C10H15IO4S/c1-10(2)4-6(5-15-10)3-7(12)8(16-11)9(13)14/h6,12H,3-5H2,1-2H3,(H,13,14)/b8-7-. The third-order valence-electron chi connectivity index (χ3n) is 2.51. The predicted octanol–water partition coefficient (Wildman–Crippen LogP) is 3.13. The van der Waals surface area contributed by atoms with Crippen LogP contribution in [0.2, 0.25) is 0 Å². The molecule has 1 aliphatic rings. The van der Waals surface area contributed by atoms with Crippen LogP contribution in [-0.2, 0) is 9.53 Å². The molecule has 92 valence electrons. The molecule has 1 aliphatic heterocycles. The summed E-state index contributed by atoms with van der Waals surface area (Å²) in [6.07, 6.45) is 1.22. The third kappa shape index (κ3) is 3.81. The summed E-state index contributed by atoms with van der Waals surface area (Å²) in [4.78, 5) is 10.8. The quantitative estimate of drug-likeness (QED) is 0.459. The van der Waals surface area contributed by atoms with Gasteiger partial charge in [-0.3, -0.25) is 0 Å². The van der Waals surface area contributed by atoms with Crippen molar-refractivity contribution >= 4 is 36.1 Å². The van der Waals surface area contributed by atoms with Gasteiger partial charge < -0.3 is 14.9 Å². The van der Waals surface area contributed by atoms with E-state index in [1.165, 1.54) is 0 Å². The zero-order valence-corrected chi connectivity index (χ0v) is 12.2. The Morgan fingerprint density at radius 1 is 1.56 bits per heavy atom. The number of carboxylic acids is 1. The summed E-state index contributed by atoms with van der Waals surface area (Å²) in [5.74, 6) is -0.916. The van der Waals surface area contributed by atoms with Crippen molar-refractivity contribution in [2.45, 2.75) is 32.3 Å². The fourth-order valence-corrected chi connectivity index (χ4v) is 3.42. The van der Waals surface area contributed by atoms with Gasteiger partial charge in [-0.25, -0.2) is 4.79 Å². The molecule has 0 aromatic rings. The van der Waals surface area contributed by atoms with Gasteiger partial charge in [-0.1, -0.05) is 0 Å². The Bertz CT molecular complexity index is 314. The van der Waals surface area contributed by atoms with Gasteiger partial charge in [-0.05, 0) is 35.1 Å². The van der Waals surface area contributed by atoms with E-state index < -0.39 is 5.97 Å². The van der Waals surface area contributed by atoms with Crippen LogP contribution in [0.1, 0.15) is 26.7 Å². The molecule has 1 fully saturated rings. The molecule has 0 spiro atoms. The number of aliphatic carboxylic acids is 1. The Labute approximate surface area is 111 Å². The van der Waals surface area contributed by atoms with Crippen LogP contribution in [0.15, 0.2) is 10.7 Å². The van der Waals surface area contributed by atoms with Crippen LogP contribution >= 0.6 is 30.1 Å². The molecule has 0 aromatic carbocycles. The largest absolute Gasteiger partial charge is 0.511 e. The van der Waals surface area contributed by atoms with Crippen molar-refractivity contribution in [2.24, 2.45) is 5.92 Å². The highest BCUT2D eigenvalue weighted by molar-refractivity contribution is 14.2. The van der Waals surface area contributed by atoms with Gasteiger partial charge in [0, 0.05) is 27.6 Å². The normalized spacial score (nSPS) is 25.3. The van der Waals surface area contributed by atoms with E-state index in [2.05, 4.69) is 0 Å². The highest BCUT2D eigenvalue weighted by Crippen LogP contribution is 2.35. The van der Waals surface area contributed by atoms with Gasteiger partial charge in [-0.2, -0.15) is 0 Å². The number of hydrogen-bond acceptors (Lipinski definition) is 4. The molecule has 6 heteroatoms. The number of ether oxygens (including phenoxy) is 1. The van der Waals surface area contributed by atoms with E-state index in [0.717, 1.165) is 15.4 Å². The number of aliphatic hydroxyl groups excluding tert-OH is 1. The van der Waals surface area contributed by atoms with Gasteiger partial charge in [0.2, 0.25) is 0 Å². The summed E-state index contributed by atoms with van der Waals surface area (Å²) in [5.41, 5.74) is -0.161. The maximum absolute atomic E-state index is 10.8. The minimum absolute atomic E-state index is 0.0188. The average molecular weight is 358 g/mol. The molecule has 1 atom stereocenters. The molecule has 1 saturated heterocycles. The van der Waals surface area contributed by atoms with Crippen molar-refractivity contribution in [2.75, 3.05) is 6.61 Å². The lowest BCUT2D eigenvalue weighted by atomic mass is 9.94. The van der Waals surface area contributed by atoms with Gasteiger partial charge in [0.05, 0.1) is 12.2 Å². The lowest BCUT2D eigenvalue weighted by Gasteiger charge is -2.15. The maximum atomic E-state index is 10.8. The van der Waals surface area contributed by atoms with Crippen LogP contribution < -0.4 is 0 Å². The minimum atomic E-state index is -1.07. The SMILES string of the molecule is CC1(C)CC(C/C(O)=C(/SI)C(=O)O)CO1. The first kappa shape index (κ1) is 14.1. The Morgan fingerprint density at radius 3 is 2.56 bits per heavy atom. The highest BCUT2D eigenvalue weighted by Gasteiger charge is 2.33. The summed E-state index contributed by atoms with van der Waals surface area (Å²) in [7, 11) is 1.03. The molecular formula is C10H15IO4S. The Balaban J connectivity index is 2.64. The second-order valence-corrected chi connectivity index (χ2v) is 6.39. The maximum Gasteiger partial charge on any atom is 0.346 e. The third-order valence-corrected chi connectivity index (χ3v) is 4.39. The second-order valence-electron chi connectivity index (χ2n) is 4.50. The van der Waals surface area contributed by atoms with Crippen molar-refractivity contribution in [3.63, 3.8) is 0 Å². The molecule has 0 aromatic heterocycles. The Hall–Kier alpha value is 0.0500. The molecule has 0 aliphatic carbocycles. The fourth-order valence-electron chi connectivity index (χ4n) is 1.85. The zero-order chi connectivity index (χ0) is 12.3. The lowest BCUT2D eigenvalue weighted by molar-refractivity contribution is -0.132. The molecule has 2 N–H and O–H groups in total. The van der Waals surface area contributed by atoms with Crippen molar-refractivity contribution in [3.05, 3.63) is 10.7 Å². The fraction of sp³-hybridized carbons (Fsp3) is 0.700. The highest BCUT2D eigenvalue weighted by atomic mass is 127. The summed E-state index contributed by atoms with van der Waals surface area (Å²) in [6, 6.07) is 0. The minimum Gasteiger partial charge on any atom is -0.511 e. The van der Waals surface area contributed by atoms with Gasteiger partial charge in [0.15, 0.2) is 0 Å². The Kier molecular flexibility index (Phi) is 4.93. The zero-order valence-electron chi connectivity index (χ0n) is 9.20. The van der Waals surface area contributed by atoms with Crippen molar-refractivity contribution in [3.8, 4) is 0 Å². The number of hydrogen-bond donors (Lipinski definition) is 2. The van der Waals surface area contributed by atoms with Gasteiger partial charge >= 0.3 is 5.97 Å². The molecule has 0 radical (unpaired) electrons. The van der Waals surface area contributed by atoms with E-state index in [0.29, 0.717) is 13.0 Å². The first-order valence-electron chi connectivity index (χ1n) is 4.93. The lowest BCUT2D eigenvalue weighted by Crippen LogP contribution is -2.16. The first-order chi connectivity index (χ1) is 7.35. The molecular weight excluding hydrogens is 343 g/mol. The summed E-state index contributed by atoms with van der Waals surface area (Å²) < 4.78 is 5.54. The van der Waals surface area contributed by atoms with Crippen LogP contribution in [0, 0.1) is 5.92 Å². The Morgan fingerprint density at radius 2 is 2.19 bits per heavy atom. The molecule has 1 unspecified atom stereocenters. The van der Waals surface area contributed by atoms with Gasteiger partial charge in [0.1, 0.15) is 10.7 Å². The summed E-state index contributed by atoms with van der Waals surface area (Å²) >= 11 is 1.86. The summed E-state index contributed by atoms with van der Waals surface area (Å²) in [6.45, 7) is 4.58. The van der Waals surface area contributed by atoms with Crippen LogP contribution in [0.5, 0.6) is 0 Å². The molecule has 0 bridgehead atoms. The topological polar surface area (TPSA) is 66.8 Å². The first-order valence-corrected chi connectivity index (χ1v) is 8.29. The number of aliphatic hydroxyl groups is 1. The van der Waals surface area contributed by atoms with Crippen molar-refractivity contribution < 1.29 is 19.7 Å². The number of rotatable bonds is 4. The van der Waals surface area contributed by atoms with E-state index in [-0.39, 0.29) is 22.2 Å². The molecule has 4 nitrogen and oxygen atoms in total. The van der Waals surface area contributed by atoms with E-state index in [1.54, 1.807) is 0 Å².